The maximum Gasteiger partial charge on any atom is 0.225 e. The molecule has 0 saturated carbocycles. The van der Waals surface area contributed by atoms with Crippen molar-refractivity contribution in [3.63, 3.8) is 0 Å². The average Bonchev–Trinajstić information content (AvgIpc) is 2.05. The molecular weight excluding hydrogens is 152 g/mol. The molecule has 0 bridgehead atoms. The van der Waals surface area contributed by atoms with E-state index in [1.165, 1.54) is 0 Å². The zero-order valence-electron chi connectivity index (χ0n) is 7.55. The molecule has 12 heavy (non-hydrogen) atoms. The Kier molecular flexibility index (Phi) is 2.05. The third-order valence-corrected chi connectivity index (χ3v) is 2.93. The minimum absolute atomic E-state index is 0.356. The summed E-state index contributed by atoms with van der Waals surface area (Å²) in [4.78, 5) is 13.3. The first kappa shape index (κ1) is 8.05. The van der Waals surface area contributed by atoms with E-state index >= 15 is 0 Å². The molecule has 2 heterocycles. The van der Waals surface area contributed by atoms with Gasteiger partial charge in [-0.25, -0.2) is 0 Å². The monoisotopic (exact) mass is 168 g/mol. The van der Waals surface area contributed by atoms with Crippen LogP contribution in [0, 0.1) is 0 Å². The number of carbonyl (C=O) groups excluding carboxylic acids is 1. The van der Waals surface area contributed by atoms with Gasteiger partial charge in [-0.15, -0.1) is 0 Å². The SMILES string of the molecule is C[C@H]1CC(=O)N1C1CCNCC1. The lowest BCUT2D eigenvalue weighted by molar-refractivity contribution is -0.149. The molecule has 1 atom stereocenters. The van der Waals surface area contributed by atoms with Crippen molar-refractivity contribution < 1.29 is 4.79 Å². The highest BCUT2D eigenvalue weighted by Crippen LogP contribution is 2.25. The molecule has 2 saturated heterocycles. The smallest absolute Gasteiger partial charge is 0.225 e. The molecule has 0 aromatic rings. The van der Waals surface area contributed by atoms with Crippen LogP contribution in [0.3, 0.4) is 0 Å². The number of nitrogens with one attached hydrogen (secondary N) is 1. The van der Waals surface area contributed by atoms with Gasteiger partial charge in [0, 0.05) is 18.5 Å². The topological polar surface area (TPSA) is 32.3 Å². The predicted molar refractivity (Wildman–Crippen MR) is 46.8 cm³/mol. The Labute approximate surface area is 73.1 Å². The average molecular weight is 168 g/mol. The molecule has 2 aliphatic rings. The molecule has 0 aliphatic carbocycles. The quantitative estimate of drug-likeness (QED) is 0.573. The summed E-state index contributed by atoms with van der Waals surface area (Å²) in [5.41, 5.74) is 0. The third kappa shape index (κ3) is 1.22. The summed E-state index contributed by atoms with van der Waals surface area (Å²) in [6, 6.07) is 1.03. The number of hydrogen-bond donors (Lipinski definition) is 1. The number of amides is 1. The second-order valence-electron chi connectivity index (χ2n) is 3.84. The Morgan fingerprint density at radius 3 is 2.58 bits per heavy atom. The highest BCUT2D eigenvalue weighted by molar-refractivity contribution is 5.83. The van der Waals surface area contributed by atoms with E-state index in [0.29, 0.717) is 18.0 Å². The van der Waals surface area contributed by atoms with Gasteiger partial charge < -0.3 is 10.2 Å². The molecule has 0 unspecified atom stereocenters. The Morgan fingerprint density at radius 2 is 2.08 bits per heavy atom. The second kappa shape index (κ2) is 3.05. The zero-order valence-corrected chi connectivity index (χ0v) is 7.55. The molecule has 3 nitrogen and oxygen atoms in total. The van der Waals surface area contributed by atoms with Crippen LogP contribution in [0.4, 0.5) is 0 Å². The molecule has 2 aliphatic heterocycles. The Hall–Kier alpha value is -0.570. The normalized spacial score (nSPS) is 31.9. The Morgan fingerprint density at radius 1 is 1.42 bits per heavy atom. The molecule has 2 fully saturated rings. The number of likely N-dealkylation sites (tertiary alicyclic amines) is 1. The maximum absolute atomic E-state index is 11.2. The fourth-order valence-corrected chi connectivity index (χ4v) is 2.24. The second-order valence-corrected chi connectivity index (χ2v) is 3.84. The van der Waals surface area contributed by atoms with Crippen LogP contribution in [0.5, 0.6) is 0 Å². The lowest BCUT2D eigenvalue weighted by atomic mass is 9.95. The van der Waals surface area contributed by atoms with Crippen LogP contribution in [0.15, 0.2) is 0 Å². The number of rotatable bonds is 1. The standard InChI is InChI=1S/C9H16N2O/c1-7-6-9(12)11(7)8-2-4-10-5-3-8/h7-8,10H,2-6H2,1H3/t7-/m0/s1. The molecule has 0 spiro atoms. The van der Waals surface area contributed by atoms with Gasteiger partial charge in [0.1, 0.15) is 0 Å². The fraction of sp³-hybridized carbons (Fsp3) is 0.889. The number of β-lactam (4-membered cyclic amide) rings is 1. The molecule has 1 amide bonds. The Bertz CT molecular complexity index is 187. The first-order chi connectivity index (χ1) is 5.79. The van der Waals surface area contributed by atoms with E-state index in [9.17, 15) is 4.79 Å². The summed E-state index contributed by atoms with van der Waals surface area (Å²) in [6.07, 6.45) is 3.04. The van der Waals surface area contributed by atoms with E-state index in [1.807, 2.05) is 0 Å². The largest absolute Gasteiger partial charge is 0.336 e. The Balaban J connectivity index is 1.93. The van der Waals surface area contributed by atoms with Gasteiger partial charge >= 0.3 is 0 Å². The van der Waals surface area contributed by atoms with Crippen molar-refractivity contribution in [2.75, 3.05) is 13.1 Å². The molecular formula is C9H16N2O. The lowest BCUT2D eigenvalue weighted by Crippen LogP contribution is -2.58. The number of nitrogens with zero attached hydrogens (tertiary/aromatic N) is 1. The van der Waals surface area contributed by atoms with Crippen LogP contribution >= 0.6 is 0 Å². The fourth-order valence-electron chi connectivity index (χ4n) is 2.24. The highest BCUT2D eigenvalue weighted by atomic mass is 16.2. The summed E-state index contributed by atoms with van der Waals surface area (Å²) in [7, 11) is 0. The van der Waals surface area contributed by atoms with Gasteiger partial charge in [0.2, 0.25) is 5.91 Å². The van der Waals surface area contributed by atoms with E-state index < -0.39 is 0 Å². The minimum atomic E-state index is 0.356. The third-order valence-electron chi connectivity index (χ3n) is 2.93. The number of carbonyl (C=O) groups is 1. The van der Waals surface area contributed by atoms with Gasteiger partial charge in [-0.1, -0.05) is 0 Å². The van der Waals surface area contributed by atoms with Crippen molar-refractivity contribution in [1.82, 2.24) is 10.2 Å². The molecule has 2 rings (SSSR count). The van der Waals surface area contributed by atoms with Crippen LogP contribution in [-0.2, 0) is 4.79 Å². The van der Waals surface area contributed by atoms with Crippen LogP contribution < -0.4 is 5.32 Å². The van der Waals surface area contributed by atoms with E-state index in [-0.39, 0.29) is 0 Å². The highest BCUT2D eigenvalue weighted by Gasteiger charge is 2.37. The van der Waals surface area contributed by atoms with Crippen molar-refractivity contribution in [2.45, 2.75) is 38.3 Å². The molecule has 3 heteroatoms. The first-order valence-electron chi connectivity index (χ1n) is 4.81. The summed E-state index contributed by atoms with van der Waals surface area (Å²) >= 11 is 0. The van der Waals surface area contributed by atoms with Crippen LogP contribution in [0.2, 0.25) is 0 Å². The van der Waals surface area contributed by atoms with E-state index in [1.54, 1.807) is 0 Å². The molecule has 68 valence electrons. The maximum atomic E-state index is 11.2. The van der Waals surface area contributed by atoms with Crippen molar-refractivity contribution >= 4 is 5.91 Å². The predicted octanol–water partition coefficient (Wildman–Crippen LogP) is 0.359. The van der Waals surface area contributed by atoms with E-state index in [4.69, 9.17) is 0 Å². The van der Waals surface area contributed by atoms with Crippen LogP contribution in [-0.4, -0.2) is 36.0 Å². The molecule has 0 aromatic heterocycles. The van der Waals surface area contributed by atoms with Crippen molar-refractivity contribution in [2.24, 2.45) is 0 Å². The van der Waals surface area contributed by atoms with E-state index in [2.05, 4.69) is 17.1 Å². The van der Waals surface area contributed by atoms with Gasteiger partial charge in [-0.3, -0.25) is 4.79 Å². The summed E-state index contributed by atoms with van der Waals surface area (Å²) in [6.45, 7) is 4.28. The van der Waals surface area contributed by atoms with Gasteiger partial charge in [0.05, 0.1) is 0 Å². The molecule has 1 N–H and O–H groups in total. The van der Waals surface area contributed by atoms with Crippen LogP contribution in [0.25, 0.3) is 0 Å². The van der Waals surface area contributed by atoms with Gasteiger partial charge in [0.25, 0.3) is 0 Å². The van der Waals surface area contributed by atoms with Crippen molar-refractivity contribution in [1.29, 1.82) is 0 Å². The van der Waals surface area contributed by atoms with Gasteiger partial charge in [-0.05, 0) is 32.9 Å². The van der Waals surface area contributed by atoms with Crippen molar-refractivity contribution in [3.05, 3.63) is 0 Å². The van der Waals surface area contributed by atoms with Gasteiger partial charge in [0.15, 0.2) is 0 Å². The zero-order chi connectivity index (χ0) is 8.55. The van der Waals surface area contributed by atoms with Crippen molar-refractivity contribution in [3.8, 4) is 0 Å². The molecule has 0 radical (unpaired) electrons. The van der Waals surface area contributed by atoms with Gasteiger partial charge in [-0.2, -0.15) is 0 Å². The summed E-state index contributed by atoms with van der Waals surface area (Å²) < 4.78 is 0. The molecule has 0 aromatic carbocycles. The summed E-state index contributed by atoms with van der Waals surface area (Å²) in [5, 5.41) is 3.31. The lowest BCUT2D eigenvalue weighted by Gasteiger charge is -2.45. The van der Waals surface area contributed by atoms with E-state index in [0.717, 1.165) is 32.4 Å². The summed E-state index contributed by atoms with van der Waals surface area (Å²) in [5.74, 6) is 0.356. The minimum Gasteiger partial charge on any atom is -0.336 e. The number of hydrogen-bond acceptors (Lipinski definition) is 2. The van der Waals surface area contributed by atoms with Crippen LogP contribution in [0.1, 0.15) is 26.2 Å². The number of piperidine rings is 1. The first-order valence-corrected chi connectivity index (χ1v) is 4.81.